The van der Waals surface area contributed by atoms with Crippen molar-refractivity contribution in [2.75, 3.05) is 38.1 Å². The third-order valence-electron chi connectivity index (χ3n) is 5.26. The smallest absolute Gasteiger partial charge is 0.227 e. The fourth-order valence-corrected chi connectivity index (χ4v) is 3.67. The van der Waals surface area contributed by atoms with Crippen LogP contribution in [0.2, 0.25) is 0 Å². The maximum Gasteiger partial charge on any atom is 0.227 e. The van der Waals surface area contributed by atoms with Crippen LogP contribution in [0.1, 0.15) is 38.2 Å². The molecule has 0 aromatic heterocycles. The summed E-state index contributed by atoms with van der Waals surface area (Å²) in [6, 6.07) is 8.79. The second-order valence-electron chi connectivity index (χ2n) is 7.17. The number of amides is 1. The largest absolute Gasteiger partial charge is 0.357 e. The second-order valence-corrected chi connectivity index (χ2v) is 7.17. The van der Waals surface area contributed by atoms with E-state index in [4.69, 9.17) is 4.99 Å². The molecule has 2 aliphatic rings. The van der Waals surface area contributed by atoms with Crippen molar-refractivity contribution in [3.8, 4) is 0 Å². The predicted molar refractivity (Wildman–Crippen MR) is 106 cm³/mol. The Labute approximate surface area is 156 Å². The lowest BCUT2D eigenvalue weighted by Gasteiger charge is -2.21. The van der Waals surface area contributed by atoms with Gasteiger partial charge in [0.05, 0.1) is 6.54 Å². The summed E-state index contributed by atoms with van der Waals surface area (Å²) < 4.78 is 0. The molecule has 6 heteroatoms. The van der Waals surface area contributed by atoms with E-state index in [0.29, 0.717) is 19.0 Å². The average Bonchev–Trinajstić information content (AvgIpc) is 3.26. The summed E-state index contributed by atoms with van der Waals surface area (Å²) in [5.74, 6) is 1.10. The van der Waals surface area contributed by atoms with Crippen LogP contribution in [0, 0.1) is 0 Å². The number of carbonyl (C=O) groups is 1. The number of guanidine groups is 1. The number of anilines is 1. The number of nitrogens with one attached hydrogen (secondary N) is 2. The summed E-state index contributed by atoms with van der Waals surface area (Å²) in [6.07, 6.45) is 4.15. The second kappa shape index (κ2) is 9.03. The molecule has 2 fully saturated rings. The molecule has 0 saturated carbocycles. The summed E-state index contributed by atoms with van der Waals surface area (Å²) in [4.78, 5) is 20.8. The van der Waals surface area contributed by atoms with Gasteiger partial charge in [0.2, 0.25) is 5.91 Å². The summed E-state index contributed by atoms with van der Waals surface area (Å²) in [6.45, 7) is 6.51. The molecule has 0 spiro atoms. The number of nitrogens with zero attached hydrogens (tertiary/aromatic N) is 3. The molecule has 1 aromatic rings. The minimum absolute atomic E-state index is 0.228. The first-order valence-corrected chi connectivity index (χ1v) is 9.79. The number of aliphatic imine (C=N–C) groups is 1. The van der Waals surface area contributed by atoms with Crippen LogP contribution in [0.4, 0.5) is 5.69 Å². The van der Waals surface area contributed by atoms with Gasteiger partial charge < -0.3 is 20.4 Å². The summed E-state index contributed by atoms with van der Waals surface area (Å²) in [5.41, 5.74) is 2.14. The van der Waals surface area contributed by atoms with Crippen LogP contribution in [-0.4, -0.2) is 56.0 Å². The molecule has 3 rings (SSSR count). The third kappa shape index (κ3) is 4.75. The van der Waals surface area contributed by atoms with Crippen molar-refractivity contribution in [2.45, 2.75) is 45.2 Å². The predicted octanol–water partition coefficient (Wildman–Crippen LogP) is 1.96. The van der Waals surface area contributed by atoms with Crippen LogP contribution in [-0.2, 0) is 11.3 Å². The molecule has 6 nitrogen and oxygen atoms in total. The van der Waals surface area contributed by atoms with E-state index in [1.54, 1.807) is 0 Å². The lowest BCUT2D eigenvalue weighted by atomic mass is 10.2. The van der Waals surface area contributed by atoms with Crippen LogP contribution < -0.4 is 15.5 Å². The van der Waals surface area contributed by atoms with E-state index in [2.05, 4.69) is 41.6 Å². The highest BCUT2D eigenvalue weighted by Gasteiger charge is 2.22. The Hall–Kier alpha value is -2.08. The van der Waals surface area contributed by atoms with Crippen LogP contribution in [0.3, 0.4) is 0 Å². The van der Waals surface area contributed by atoms with Crippen molar-refractivity contribution >= 4 is 17.6 Å². The maximum atomic E-state index is 11.8. The van der Waals surface area contributed by atoms with E-state index < -0.39 is 0 Å². The number of rotatable bonds is 6. The van der Waals surface area contributed by atoms with Crippen molar-refractivity contribution in [3.63, 3.8) is 0 Å². The van der Waals surface area contributed by atoms with E-state index in [-0.39, 0.29) is 5.91 Å². The molecule has 2 N–H and O–H groups in total. The van der Waals surface area contributed by atoms with Crippen LogP contribution in [0.15, 0.2) is 29.3 Å². The first kappa shape index (κ1) is 18.7. The Morgan fingerprint density at radius 3 is 2.62 bits per heavy atom. The molecule has 1 atom stereocenters. The summed E-state index contributed by atoms with van der Waals surface area (Å²) in [7, 11) is 2.19. The van der Waals surface area contributed by atoms with Gasteiger partial charge in [-0.25, -0.2) is 4.99 Å². The van der Waals surface area contributed by atoms with Crippen molar-refractivity contribution in [1.82, 2.24) is 15.5 Å². The van der Waals surface area contributed by atoms with E-state index in [1.807, 2.05) is 17.0 Å². The van der Waals surface area contributed by atoms with Gasteiger partial charge >= 0.3 is 0 Å². The van der Waals surface area contributed by atoms with Crippen LogP contribution >= 0.6 is 0 Å². The molecule has 26 heavy (non-hydrogen) atoms. The molecule has 2 heterocycles. The van der Waals surface area contributed by atoms with Gasteiger partial charge in [0.1, 0.15) is 0 Å². The zero-order valence-corrected chi connectivity index (χ0v) is 16.0. The first-order chi connectivity index (χ1) is 12.7. The minimum Gasteiger partial charge on any atom is -0.357 e. The lowest BCUT2D eigenvalue weighted by molar-refractivity contribution is -0.117. The minimum atomic E-state index is 0.228. The molecule has 1 unspecified atom stereocenters. The Morgan fingerprint density at radius 1 is 1.19 bits per heavy atom. The Morgan fingerprint density at radius 2 is 2.00 bits per heavy atom. The van der Waals surface area contributed by atoms with Gasteiger partial charge in [0.15, 0.2) is 5.96 Å². The average molecular weight is 358 g/mol. The zero-order valence-electron chi connectivity index (χ0n) is 16.0. The molecule has 0 aliphatic carbocycles. The Balaban J connectivity index is 1.55. The van der Waals surface area contributed by atoms with Crippen molar-refractivity contribution < 1.29 is 4.79 Å². The highest BCUT2D eigenvalue weighted by Crippen LogP contribution is 2.21. The fraction of sp³-hybridized carbons (Fsp3) is 0.600. The monoisotopic (exact) mass is 357 g/mol. The summed E-state index contributed by atoms with van der Waals surface area (Å²) >= 11 is 0. The van der Waals surface area contributed by atoms with Gasteiger partial charge in [0, 0.05) is 37.8 Å². The maximum absolute atomic E-state index is 11.8. The molecule has 142 valence electrons. The van der Waals surface area contributed by atoms with E-state index in [1.165, 1.54) is 19.4 Å². The highest BCUT2D eigenvalue weighted by atomic mass is 16.2. The van der Waals surface area contributed by atoms with E-state index in [0.717, 1.165) is 43.3 Å². The highest BCUT2D eigenvalue weighted by molar-refractivity contribution is 5.95. The number of hydrogen-bond acceptors (Lipinski definition) is 3. The fourth-order valence-electron chi connectivity index (χ4n) is 3.67. The number of hydrogen-bond donors (Lipinski definition) is 2. The first-order valence-electron chi connectivity index (χ1n) is 9.79. The Kier molecular flexibility index (Phi) is 6.50. The zero-order chi connectivity index (χ0) is 18.4. The number of likely N-dealkylation sites (N-methyl/N-ethyl adjacent to an activating group) is 1. The standard InChI is InChI=1S/C20H31N5O/c1-3-21-20(23-15-18-6-4-12-24(18)2)22-14-16-8-10-17(11-9-16)25-13-5-7-19(25)26/h8-11,18H,3-7,12-15H2,1-2H3,(H2,21,22,23). The number of carbonyl (C=O) groups excluding carboxylic acids is 1. The van der Waals surface area contributed by atoms with Gasteiger partial charge in [-0.2, -0.15) is 0 Å². The summed E-state index contributed by atoms with van der Waals surface area (Å²) in [5, 5.41) is 6.79. The molecule has 2 saturated heterocycles. The SMILES string of the molecule is CCNC(=NCc1ccc(N2CCCC2=O)cc1)NCC1CCCN1C. The molecular formula is C20H31N5O. The molecule has 0 radical (unpaired) electrons. The normalized spacial score (nSPS) is 21.5. The number of benzene rings is 1. The third-order valence-corrected chi connectivity index (χ3v) is 5.26. The quantitative estimate of drug-likeness (QED) is 0.604. The topological polar surface area (TPSA) is 60.0 Å². The molecule has 1 aromatic carbocycles. The number of likely N-dealkylation sites (tertiary alicyclic amines) is 1. The van der Waals surface area contributed by atoms with Crippen molar-refractivity contribution in [3.05, 3.63) is 29.8 Å². The molecular weight excluding hydrogens is 326 g/mol. The van der Waals surface area contributed by atoms with Gasteiger partial charge in [-0.05, 0) is 57.5 Å². The van der Waals surface area contributed by atoms with Crippen molar-refractivity contribution in [2.24, 2.45) is 4.99 Å². The van der Waals surface area contributed by atoms with Crippen molar-refractivity contribution in [1.29, 1.82) is 0 Å². The van der Waals surface area contributed by atoms with Gasteiger partial charge in [-0.1, -0.05) is 12.1 Å². The van der Waals surface area contributed by atoms with Gasteiger partial charge in [-0.15, -0.1) is 0 Å². The van der Waals surface area contributed by atoms with Crippen LogP contribution in [0.5, 0.6) is 0 Å². The Bertz CT molecular complexity index is 628. The molecule has 1 amide bonds. The lowest BCUT2D eigenvalue weighted by Crippen LogP contribution is -2.44. The molecule has 0 bridgehead atoms. The van der Waals surface area contributed by atoms with E-state index in [9.17, 15) is 4.79 Å². The van der Waals surface area contributed by atoms with Gasteiger partial charge in [0.25, 0.3) is 0 Å². The van der Waals surface area contributed by atoms with E-state index >= 15 is 0 Å². The van der Waals surface area contributed by atoms with Gasteiger partial charge in [-0.3, -0.25) is 4.79 Å². The molecule has 2 aliphatic heterocycles. The van der Waals surface area contributed by atoms with Crippen LogP contribution in [0.25, 0.3) is 0 Å².